The second-order valence-electron chi connectivity index (χ2n) is 4.85. The fourth-order valence-corrected chi connectivity index (χ4v) is 2.95. The molecule has 0 heterocycles. The van der Waals surface area contributed by atoms with E-state index in [0.717, 1.165) is 16.2 Å². The highest BCUT2D eigenvalue weighted by atomic mass is 32.2. The molecule has 0 radical (unpaired) electrons. The van der Waals surface area contributed by atoms with Crippen LogP contribution in [0.1, 0.15) is 18.1 Å². The van der Waals surface area contributed by atoms with Crippen molar-refractivity contribution in [3.63, 3.8) is 0 Å². The first-order valence-corrected chi connectivity index (χ1v) is 7.15. The van der Waals surface area contributed by atoms with E-state index in [-0.39, 0.29) is 11.9 Å². The molecule has 0 aliphatic rings. The Labute approximate surface area is 118 Å². The third-order valence-corrected chi connectivity index (χ3v) is 3.89. The second-order valence-corrected chi connectivity index (χ2v) is 5.97. The van der Waals surface area contributed by atoms with Gasteiger partial charge in [-0.2, -0.15) is 0 Å². The van der Waals surface area contributed by atoms with Gasteiger partial charge in [0.25, 0.3) is 0 Å². The van der Waals surface area contributed by atoms with Crippen LogP contribution < -0.4 is 5.73 Å². The molecule has 0 aliphatic heterocycles. The van der Waals surface area contributed by atoms with Crippen LogP contribution in [0.25, 0.3) is 0 Å². The van der Waals surface area contributed by atoms with Crippen molar-refractivity contribution < 1.29 is 4.39 Å². The quantitative estimate of drug-likeness (QED) is 0.906. The zero-order valence-corrected chi connectivity index (χ0v) is 12.0. The summed E-state index contributed by atoms with van der Waals surface area (Å²) in [7, 11) is 0. The molecule has 0 amide bonds. The van der Waals surface area contributed by atoms with Gasteiger partial charge in [0.1, 0.15) is 5.82 Å². The lowest BCUT2D eigenvalue weighted by molar-refractivity contribution is 0.624. The lowest BCUT2D eigenvalue weighted by atomic mass is 10.1. The Morgan fingerprint density at radius 3 is 2.68 bits per heavy atom. The Morgan fingerprint density at radius 2 is 2.00 bits per heavy atom. The smallest absolute Gasteiger partial charge is 0.124 e. The summed E-state index contributed by atoms with van der Waals surface area (Å²) in [4.78, 5) is 2.06. The first kappa shape index (κ1) is 14.1. The molecule has 2 aromatic rings. The molecule has 100 valence electrons. The number of nitrogens with two attached hydrogens (primary N) is 1. The molecule has 0 bridgehead atoms. The van der Waals surface area contributed by atoms with Gasteiger partial charge in [0.15, 0.2) is 0 Å². The Hall–Kier alpha value is -1.32. The molecule has 0 saturated heterocycles. The fourth-order valence-electron chi connectivity index (χ4n) is 1.97. The van der Waals surface area contributed by atoms with Crippen molar-refractivity contribution in [3.05, 3.63) is 59.4 Å². The SMILES string of the molecule is Cc1ccc(Sc2cccc(F)c2)c(CC(C)N)c1. The molecule has 0 aliphatic carbocycles. The van der Waals surface area contributed by atoms with E-state index in [4.69, 9.17) is 5.73 Å². The predicted octanol–water partition coefficient (Wildman–Crippen LogP) is 4.18. The third-order valence-electron chi connectivity index (χ3n) is 2.78. The van der Waals surface area contributed by atoms with Crippen molar-refractivity contribution in [2.24, 2.45) is 5.73 Å². The zero-order valence-electron chi connectivity index (χ0n) is 11.2. The van der Waals surface area contributed by atoms with E-state index in [1.54, 1.807) is 23.9 Å². The Balaban J connectivity index is 2.28. The highest BCUT2D eigenvalue weighted by Crippen LogP contribution is 2.31. The fraction of sp³-hybridized carbons (Fsp3) is 0.250. The van der Waals surface area contributed by atoms with Crippen LogP contribution in [0.4, 0.5) is 4.39 Å². The molecule has 0 fully saturated rings. The van der Waals surface area contributed by atoms with Crippen LogP contribution in [0.2, 0.25) is 0 Å². The van der Waals surface area contributed by atoms with Gasteiger partial charge >= 0.3 is 0 Å². The largest absolute Gasteiger partial charge is 0.328 e. The molecule has 19 heavy (non-hydrogen) atoms. The second kappa shape index (κ2) is 6.22. The maximum atomic E-state index is 13.2. The zero-order chi connectivity index (χ0) is 13.8. The molecular formula is C16H18FNS. The average Bonchev–Trinajstić information content (AvgIpc) is 2.32. The highest BCUT2D eigenvalue weighted by Gasteiger charge is 2.07. The predicted molar refractivity (Wildman–Crippen MR) is 79.1 cm³/mol. The van der Waals surface area contributed by atoms with Crippen molar-refractivity contribution in [2.75, 3.05) is 0 Å². The van der Waals surface area contributed by atoms with Gasteiger partial charge in [0, 0.05) is 15.8 Å². The Morgan fingerprint density at radius 1 is 1.21 bits per heavy atom. The van der Waals surface area contributed by atoms with Gasteiger partial charge in [-0.3, -0.25) is 0 Å². The van der Waals surface area contributed by atoms with E-state index >= 15 is 0 Å². The van der Waals surface area contributed by atoms with Crippen LogP contribution in [0.3, 0.4) is 0 Å². The number of rotatable bonds is 4. The summed E-state index contributed by atoms with van der Waals surface area (Å²) in [6.07, 6.45) is 0.833. The van der Waals surface area contributed by atoms with Gasteiger partial charge in [0.05, 0.1) is 0 Å². The molecule has 0 saturated carbocycles. The maximum Gasteiger partial charge on any atom is 0.124 e. The minimum Gasteiger partial charge on any atom is -0.328 e. The van der Waals surface area contributed by atoms with Crippen molar-refractivity contribution in [1.29, 1.82) is 0 Å². The summed E-state index contributed by atoms with van der Waals surface area (Å²) in [6.45, 7) is 4.07. The van der Waals surface area contributed by atoms with Gasteiger partial charge in [0.2, 0.25) is 0 Å². The first-order chi connectivity index (χ1) is 9.04. The van der Waals surface area contributed by atoms with Crippen molar-refractivity contribution >= 4 is 11.8 Å². The molecule has 1 atom stereocenters. The van der Waals surface area contributed by atoms with Gasteiger partial charge in [-0.05, 0) is 50.1 Å². The molecule has 3 heteroatoms. The summed E-state index contributed by atoms with van der Waals surface area (Å²) in [6, 6.07) is 13.1. The molecule has 1 nitrogen and oxygen atoms in total. The van der Waals surface area contributed by atoms with Crippen LogP contribution in [-0.2, 0) is 6.42 Å². The molecular weight excluding hydrogens is 257 g/mol. The normalized spacial score (nSPS) is 12.4. The van der Waals surface area contributed by atoms with Crippen molar-refractivity contribution in [3.8, 4) is 0 Å². The van der Waals surface area contributed by atoms with Crippen LogP contribution in [0.5, 0.6) is 0 Å². The Kier molecular flexibility index (Phi) is 4.61. The number of benzene rings is 2. The van der Waals surface area contributed by atoms with E-state index in [0.29, 0.717) is 0 Å². The van der Waals surface area contributed by atoms with Crippen molar-refractivity contribution in [2.45, 2.75) is 36.1 Å². The molecule has 0 spiro atoms. The summed E-state index contributed by atoms with van der Waals surface area (Å²) in [5, 5.41) is 0. The third kappa shape index (κ3) is 4.08. The lowest BCUT2D eigenvalue weighted by Gasteiger charge is -2.12. The lowest BCUT2D eigenvalue weighted by Crippen LogP contribution is -2.18. The van der Waals surface area contributed by atoms with Gasteiger partial charge in [-0.1, -0.05) is 35.5 Å². The van der Waals surface area contributed by atoms with E-state index < -0.39 is 0 Å². The highest BCUT2D eigenvalue weighted by molar-refractivity contribution is 7.99. The van der Waals surface area contributed by atoms with Gasteiger partial charge in [-0.15, -0.1) is 0 Å². The first-order valence-electron chi connectivity index (χ1n) is 6.33. The number of hydrogen-bond acceptors (Lipinski definition) is 2. The van der Waals surface area contributed by atoms with E-state index in [2.05, 4.69) is 25.1 Å². The molecule has 2 N–H and O–H groups in total. The van der Waals surface area contributed by atoms with Crippen LogP contribution in [0, 0.1) is 12.7 Å². The topological polar surface area (TPSA) is 26.0 Å². The standard InChI is InChI=1S/C16H18FNS/c1-11-6-7-16(13(8-11)9-12(2)18)19-15-5-3-4-14(17)10-15/h3-8,10,12H,9,18H2,1-2H3. The van der Waals surface area contributed by atoms with Crippen LogP contribution >= 0.6 is 11.8 Å². The maximum absolute atomic E-state index is 13.2. The number of hydrogen-bond donors (Lipinski definition) is 1. The average molecular weight is 275 g/mol. The van der Waals surface area contributed by atoms with E-state index in [1.165, 1.54) is 17.2 Å². The van der Waals surface area contributed by atoms with Crippen molar-refractivity contribution in [1.82, 2.24) is 0 Å². The van der Waals surface area contributed by atoms with Crippen LogP contribution in [0.15, 0.2) is 52.3 Å². The number of aryl methyl sites for hydroxylation is 1. The molecule has 2 rings (SSSR count). The van der Waals surface area contributed by atoms with Gasteiger partial charge in [-0.25, -0.2) is 4.39 Å². The monoisotopic (exact) mass is 275 g/mol. The Bertz CT molecular complexity index is 566. The van der Waals surface area contributed by atoms with E-state index in [9.17, 15) is 4.39 Å². The van der Waals surface area contributed by atoms with Crippen LogP contribution in [-0.4, -0.2) is 6.04 Å². The summed E-state index contributed by atoms with van der Waals surface area (Å²) < 4.78 is 13.2. The molecule has 2 aromatic carbocycles. The summed E-state index contributed by atoms with van der Waals surface area (Å²) in [5.41, 5.74) is 8.34. The number of halogens is 1. The molecule has 1 unspecified atom stereocenters. The minimum atomic E-state index is -0.203. The molecule has 0 aromatic heterocycles. The van der Waals surface area contributed by atoms with Gasteiger partial charge < -0.3 is 5.73 Å². The minimum absolute atomic E-state index is 0.119. The summed E-state index contributed by atoms with van der Waals surface area (Å²) >= 11 is 1.58. The van der Waals surface area contributed by atoms with E-state index in [1.807, 2.05) is 13.0 Å². The summed E-state index contributed by atoms with van der Waals surface area (Å²) in [5.74, 6) is -0.203.